The van der Waals surface area contributed by atoms with Crippen LogP contribution in [0.15, 0.2) is 152 Å². The van der Waals surface area contributed by atoms with Crippen molar-refractivity contribution < 1.29 is 4.74 Å². The van der Waals surface area contributed by atoms with Crippen LogP contribution in [0, 0.1) is 0 Å². The maximum absolute atomic E-state index is 6.61. The SMILES string of the molecule is c1ccc2c3c(ccc2c1)Oc1ccc2ccccc2c1C3c1ccc(-c2ccc3c(ccc4ccccc43)c2)cc1. The van der Waals surface area contributed by atoms with Crippen LogP contribution >= 0.6 is 0 Å². The number of hydrogen-bond donors (Lipinski definition) is 0. The van der Waals surface area contributed by atoms with E-state index >= 15 is 0 Å². The molecule has 0 saturated carbocycles. The van der Waals surface area contributed by atoms with Crippen LogP contribution in [0.4, 0.5) is 0 Å². The highest BCUT2D eigenvalue weighted by Gasteiger charge is 2.32. The van der Waals surface area contributed by atoms with Crippen molar-refractivity contribution >= 4 is 43.1 Å². The summed E-state index contributed by atoms with van der Waals surface area (Å²) in [5.41, 5.74) is 6.19. The Labute approximate surface area is 244 Å². The Bertz CT molecular complexity index is 2240. The van der Waals surface area contributed by atoms with E-state index in [-0.39, 0.29) is 5.92 Å². The molecule has 0 aromatic heterocycles. The first-order valence-corrected chi connectivity index (χ1v) is 14.5. The van der Waals surface area contributed by atoms with E-state index in [0.717, 1.165) is 11.5 Å². The molecule has 42 heavy (non-hydrogen) atoms. The van der Waals surface area contributed by atoms with Gasteiger partial charge in [-0.25, -0.2) is 0 Å². The predicted octanol–water partition coefficient (Wildman–Crippen LogP) is 11.3. The maximum Gasteiger partial charge on any atom is 0.132 e. The van der Waals surface area contributed by atoms with Gasteiger partial charge in [-0.15, -0.1) is 0 Å². The van der Waals surface area contributed by atoms with Gasteiger partial charge in [-0.2, -0.15) is 0 Å². The number of hydrogen-bond acceptors (Lipinski definition) is 1. The first kappa shape index (κ1) is 23.3. The molecule has 1 heterocycles. The Kier molecular flexibility index (Phi) is 5.03. The van der Waals surface area contributed by atoms with Gasteiger partial charge in [0.25, 0.3) is 0 Å². The average Bonchev–Trinajstić information content (AvgIpc) is 3.07. The minimum Gasteiger partial charge on any atom is -0.457 e. The minimum atomic E-state index is 0.0537. The molecule has 0 atom stereocenters. The fraction of sp³-hybridized carbons (Fsp3) is 0.0244. The van der Waals surface area contributed by atoms with Gasteiger partial charge in [-0.05, 0) is 78.0 Å². The molecule has 0 bridgehead atoms. The van der Waals surface area contributed by atoms with Crippen molar-refractivity contribution in [3.8, 4) is 22.6 Å². The highest BCUT2D eigenvalue weighted by atomic mass is 16.5. The first-order valence-electron chi connectivity index (χ1n) is 14.5. The lowest BCUT2D eigenvalue weighted by molar-refractivity contribution is 0.456. The van der Waals surface area contributed by atoms with E-state index in [9.17, 15) is 0 Å². The van der Waals surface area contributed by atoms with Crippen LogP contribution in [0.5, 0.6) is 11.5 Å². The van der Waals surface area contributed by atoms with Gasteiger partial charge in [0.15, 0.2) is 0 Å². The molecule has 1 heteroatoms. The van der Waals surface area contributed by atoms with Gasteiger partial charge < -0.3 is 4.74 Å². The summed E-state index contributed by atoms with van der Waals surface area (Å²) in [6.45, 7) is 0. The normalized spacial score (nSPS) is 12.9. The van der Waals surface area contributed by atoms with Gasteiger partial charge in [0.1, 0.15) is 11.5 Å². The van der Waals surface area contributed by atoms with Crippen molar-refractivity contribution in [1.29, 1.82) is 0 Å². The lowest BCUT2D eigenvalue weighted by atomic mass is 9.78. The molecule has 8 aromatic rings. The summed E-state index contributed by atoms with van der Waals surface area (Å²) in [6.07, 6.45) is 0. The molecule has 0 radical (unpaired) electrons. The second kappa shape index (κ2) is 9.06. The monoisotopic (exact) mass is 534 g/mol. The molecule has 0 N–H and O–H groups in total. The molecule has 8 aromatic carbocycles. The quantitative estimate of drug-likeness (QED) is 0.200. The lowest BCUT2D eigenvalue weighted by Gasteiger charge is -2.31. The lowest BCUT2D eigenvalue weighted by Crippen LogP contribution is -2.13. The fourth-order valence-electron chi connectivity index (χ4n) is 6.98. The molecule has 0 aliphatic carbocycles. The molecule has 0 saturated heterocycles. The highest BCUT2D eigenvalue weighted by Crippen LogP contribution is 2.52. The average molecular weight is 535 g/mol. The Balaban J connectivity index is 1.22. The summed E-state index contributed by atoms with van der Waals surface area (Å²) in [4.78, 5) is 0. The molecule has 1 aliphatic heterocycles. The van der Waals surface area contributed by atoms with E-state index in [4.69, 9.17) is 4.74 Å². The summed E-state index contributed by atoms with van der Waals surface area (Å²) >= 11 is 0. The summed E-state index contributed by atoms with van der Waals surface area (Å²) < 4.78 is 6.61. The molecule has 1 aliphatic rings. The molecular weight excluding hydrogens is 508 g/mol. The highest BCUT2D eigenvalue weighted by molar-refractivity contribution is 6.08. The molecule has 1 nitrogen and oxygen atoms in total. The summed E-state index contributed by atoms with van der Waals surface area (Å²) in [5.74, 6) is 1.93. The zero-order chi connectivity index (χ0) is 27.6. The molecule has 0 spiro atoms. The van der Waals surface area contributed by atoms with E-state index < -0.39 is 0 Å². The standard InChI is InChI=1S/C41H26O/c1-4-10-33-27(7-1)15-18-32-25-31(19-22-34(32)33)26-13-16-30(17-14-26)39-40-35-11-5-2-8-28(35)20-23-37(40)42-38-24-21-29-9-3-6-12-36(29)41(38)39/h1-25,39H. The number of rotatable bonds is 2. The molecule has 9 rings (SSSR count). The molecule has 0 amide bonds. The summed E-state index contributed by atoms with van der Waals surface area (Å²) in [5, 5.41) is 10.1. The zero-order valence-corrected chi connectivity index (χ0v) is 22.9. The summed E-state index contributed by atoms with van der Waals surface area (Å²) in [6, 6.07) is 55.0. The second-order valence-electron chi connectivity index (χ2n) is 11.3. The fourth-order valence-corrected chi connectivity index (χ4v) is 6.98. The first-order chi connectivity index (χ1) is 20.8. The van der Waals surface area contributed by atoms with Crippen LogP contribution in [0.25, 0.3) is 54.2 Å². The number of fused-ring (bicyclic) bond motifs is 9. The molecule has 0 fully saturated rings. The van der Waals surface area contributed by atoms with Gasteiger partial charge in [0.2, 0.25) is 0 Å². The van der Waals surface area contributed by atoms with Crippen molar-refractivity contribution in [1.82, 2.24) is 0 Å². The van der Waals surface area contributed by atoms with E-state index in [1.54, 1.807) is 0 Å². The Morgan fingerprint density at radius 2 is 0.833 bits per heavy atom. The van der Waals surface area contributed by atoms with Gasteiger partial charge in [0.05, 0.1) is 0 Å². The van der Waals surface area contributed by atoms with Gasteiger partial charge in [-0.1, -0.05) is 133 Å². The van der Waals surface area contributed by atoms with Gasteiger partial charge in [-0.3, -0.25) is 0 Å². The Morgan fingerprint density at radius 1 is 0.357 bits per heavy atom. The van der Waals surface area contributed by atoms with Crippen LogP contribution in [-0.4, -0.2) is 0 Å². The van der Waals surface area contributed by atoms with Crippen LogP contribution < -0.4 is 4.74 Å². The van der Waals surface area contributed by atoms with Gasteiger partial charge in [0, 0.05) is 17.0 Å². The zero-order valence-electron chi connectivity index (χ0n) is 22.9. The minimum absolute atomic E-state index is 0.0537. The van der Waals surface area contributed by atoms with Crippen LogP contribution in [0.2, 0.25) is 0 Å². The van der Waals surface area contributed by atoms with Crippen LogP contribution in [0.3, 0.4) is 0 Å². The third-order valence-corrected chi connectivity index (χ3v) is 8.98. The Hall–Kier alpha value is -5.40. The number of benzene rings is 8. The van der Waals surface area contributed by atoms with Crippen molar-refractivity contribution in [2.45, 2.75) is 5.92 Å². The van der Waals surface area contributed by atoms with Crippen LogP contribution in [0.1, 0.15) is 22.6 Å². The van der Waals surface area contributed by atoms with E-state index in [2.05, 4.69) is 152 Å². The smallest absolute Gasteiger partial charge is 0.132 e. The van der Waals surface area contributed by atoms with Gasteiger partial charge >= 0.3 is 0 Å². The third-order valence-electron chi connectivity index (χ3n) is 8.98. The van der Waals surface area contributed by atoms with Crippen molar-refractivity contribution in [2.24, 2.45) is 0 Å². The molecular formula is C41H26O. The van der Waals surface area contributed by atoms with E-state index in [1.165, 1.54) is 70.9 Å². The van der Waals surface area contributed by atoms with Crippen molar-refractivity contribution in [3.63, 3.8) is 0 Å². The second-order valence-corrected chi connectivity index (χ2v) is 11.3. The summed E-state index contributed by atoms with van der Waals surface area (Å²) in [7, 11) is 0. The van der Waals surface area contributed by atoms with Crippen molar-refractivity contribution in [3.05, 3.63) is 168 Å². The third kappa shape index (κ3) is 3.50. The maximum atomic E-state index is 6.61. The number of ether oxygens (including phenoxy) is 1. The van der Waals surface area contributed by atoms with Crippen LogP contribution in [-0.2, 0) is 0 Å². The van der Waals surface area contributed by atoms with E-state index in [1.807, 2.05) is 0 Å². The largest absolute Gasteiger partial charge is 0.457 e. The molecule has 0 unspecified atom stereocenters. The predicted molar refractivity (Wildman–Crippen MR) is 176 cm³/mol. The Morgan fingerprint density at radius 3 is 1.48 bits per heavy atom. The van der Waals surface area contributed by atoms with E-state index in [0.29, 0.717) is 0 Å². The topological polar surface area (TPSA) is 9.23 Å². The molecule has 196 valence electrons. The van der Waals surface area contributed by atoms with Crippen molar-refractivity contribution in [2.75, 3.05) is 0 Å².